The highest BCUT2D eigenvalue weighted by Crippen LogP contribution is 2.43. The molecular formula is C15H23NO. The highest BCUT2D eigenvalue weighted by Gasteiger charge is 2.36. The zero-order valence-electron chi connectivity index (χ0n) is 10.9. The van der Waals surface area contributed by atoms with Crippen molar-refractivity contribution in [3.63, 3.8) is 0 Å². The quantitative estimate of drug-likeness (QED) is 0.863. The summed E-state index contributed by atoms with van der Waals surface area (Å²) in [5.74, 6) is 0.604. The van der Waals surface area contributed by atoms with Gasteiger partial charge in [-0.3, -0.25) is 0 Å². The predicted octanol–water partition coefficient (Wildman–Crippen LogP) is 2.81. The Balaban J connectivity index is 2.17. The third-order valence-electron chi connectivity index (χ3n) is 4.14. The van der Waals surface area contributed by atoms with E-state index in [-0.39, 0.29) is 0 Å². The number of methoxy groups -OCH3 is 1. The molecule has 1 heterocycles. The SMILES string of the molecule is COCCC1(C)CCNCC1c1ccccc1. The molecule has 1 N–H and O–H groups in total. The average molecular weight is 233 g/mol. The third-order valence-corrected chi connectivity index (χ3v) is 4.14. The van der Waals surface area contributed by atoms with Gasteiger partial charge < -0.3 is 10.1 Å². The molecule has 2 unspecified atom stereocenters. The van der Waals surface area contributed by atoms with E-state index in [1.165, 1.54) is 12.0 Å². The molecule has 17 heavy (non-hydrogen) atoms. The van der Waals surface area contributed by atoms with Crippen molar-refractivity contribution in [1.82, 2.24) is 5.32 Å². The minimum Gasteiger partial charge on any atom is -0.385 e. The molecule has 0 saturated carbocycles. The maximum Gasteiger partial charge on any atom is 0.0467 e. The summed E-state index contributed by atoms with van der Waals surface area (Å²) in [5, 5.41) is 3.52. The Morgan fingerprint density at radius 1 is 1.35 bits per heavy atom. The minimum atomic E-state index is 0.364. The van der Waals surface area contributed by atoms with Crippen LogP contribution < -0.4 is 5.32 Å². The number of hydrogen-bond acceptors (Lipinski definition) is 2. The number of rotatable bonds is 4. The summed E-state index contributed by atoms with van der Waals surface area (Å²) in [6.07, 6.45) is 2.38. The summed E-state index contributed by atoms with van der Waals surface area (Å²) in [4.78, 5) is 0. The highest BCUT2D eigenvalue weighted by molar-refractivity contribution is 5.23. The zero-order valence-corrected chi connectivity index (χ0v) is 10.9. The fraction of sp³-hybridized carbons (Fsp3) is 0.600. The molecule has 1 aliphatic rings. The van der Waals surface area contributed by atoms with E-state index >= 15 is 0 Å². The van der Waals surface area contributed by atoms with Crippen molar-refractivity contribution in [1.29, 1.82) is 0 Å². The maximum absolute atomic E-state index is 5.27. The van der Waals surface area contributed by atoms with E-state index < -0.39 is 0 Å². The number of piperidine rings is 1. The van der Waals surface area contributed by atoms with Crippen LogP contribution in [0.4, 0.5) is 0 Å². The maximum atomic E-state index is 5.27. The van der Waals surface area contributed by atoms with E-state index in [9.17, 15) is 0 Å². The van der Waals surface area contributed by atoms with Crippen LogP contribution in [-0.2, 0) is 4.74 Å². The molecule has 0 bridgehead atoms. The lowest BCUT2D eigenvalue weighted by Crippen LogP contribution is -2.42. The van der Waals surface area contributed by atoms with Crippen molar-refractivity contribution in [2.24, 2.45) is 5.41 Å². The van der Waals surface area contributed by atoms with E-state index in [4.69, 9.17) is 4.74 Å². The van der Waals surface area contributed by atoms with Gasteiger partial charge in [0.2, 0.25) is 0 Å². The Hall–Kier alpha value is -0.860. The average Bonchev–Trinajstić information content (AvgIpc) is 2.38. The summed E-state index contributed by atoms with van der Waals surface area (Å²) in [7, 11) is 1.79. The lowest BCUT2D eigenvalue weighted by atomic mass is 9.67. The normalized spacial score (nSPS) is 29.2. The lowest BCUT2D eigenvalue weighted by Gasteiger charge is -2.42. The summed E-state index contributed by atoms with van der Waals surface area (Å²) in [6, 6.07) is 10.9. The third kappa shape index (κ3) is 2.88. The fourth-order valence-corrected chi connectivity index (χ4v) is 2.88. The number of benzene rings is 1. The van der Waals surface area contributed by atoms with Gasteiger partial charge in [0, 0.05) is 26.2 Å². The Bertz CT molecular complexity index is 338. The van der Waals surface area contributed by atoms with Crippen molar-refractivity contribution in [2.45, 2.75) is 25.7 Å². The van der Waals surface area contributed by atoms with Crippen LogP contribution in [0.2, 0.25) is 0 Å². The number of ether oxygens (including phenoxy) is 1. The van der Waals surface area contributed by atoms with Crippen LogP contribution in [0.15, 0.2) is 30.3 Å². The lowest BCUT2D eigenvalue weighted by molar-refractivity contribution is 0.104. The summed E-state index contributed by atoms with van der Waals surface area (Å²) < 4.78 is 5.27. The van der Waals surface area contributed by atoms with Crippen LogP contribution in [0.25, 0.3) is 0 Å². The van der Waals surface area contributed by atoms with Gasteiger partial charge in [-0.05, 0) is 30.4 Å². The molecular weight excluding hydrogens is 210 g/mol. The van der Waals surface area contributed by atoms with Gasteiger partial charge in [-0.1, -0.05) is 37.3 Å². The topological polar surface area (TPSA) is 21.3 Å². The first-order valence-electron chi connectivity index (χ1n) is 6.51. The van der Waals surface area contributed by atoms with Crippen molar-refractivity contribution in [2.75, 3.05) is 26.8 Å². The molecule has 94 valence electrons. The van der Waals surface area contributed by atoms with E-state index in [1.54, 1.807) is 7.11 Å². The molecule has 2 rings (SSSR count). The van der Waals surface area contributed by atoms with Crippen molar-refractivity contribution in [3.8, 4) is 0 Å². The molecule has 0 aliphatic carbocycles. The van der Waals surface area contributed by atoms with E-state index in [0.717, 1.165) is 26.1 Å². The van der Waals surface area contributed by atoms with Crippen LogP contribution in [0, 0.1) is 5.41 Å². The fourth-order valence-electron chi connectivity index (χ4n) is 2.88. The van der Waals surface area contributed by atoms with Gasteiger partial charge in [0.15, 0.2) is 0 Å². The molecule has 1 aliphatic heterocycles. The minimum absolute atomic E-state index is 0.364. The summed E-state index contributed by atoms with van der Waals surface area (Å²) in [6.45, 7) is 5.48. The first kappa shape index (κ1) is 12.6. The molecule has 2 nitrogen and oxygen atoms in total. The van der Waals surface area contributed by atoms with Crippen molar-refractivity contribution < 1.29 is 4.74 Å². The monoisotopic (exact) mass is 233 g/mol. The second-order valence-corrected chi connectivity index (χ2v) is 5.31. The van der Waals surface area contributed by atoms with Crippen LogP contribution in [0.5, 0.6) is 0 Å². The van der Waals surface area contributed by atoms with Gasteiger partial charge >= 0.3 is 0 Å². The Morgan fingerprint density at radius 3 is 2.82 bits per heavy atom. The zero-order chi connectivity index (χ0) is 12.1. The van der Waals surface area contributed by atoms with Crippen LogP contribution in [0.1, 0.15) is 31.2 Å². The standard InChI is InChI=1S/C15H23NO/c1-15(9-11-17-2)8-10-16-12-14(15)13-6-4-3-5-7-13/h3-7,14,16H,8-12H2,1-2H3. The smallest absolute Gasteiger partial charge is 0.0467 e. The number of hydrogen-bond donors (Lipinski definition) is 1. The van der Waals surface area contributed by atoms with Gasteiger partial charge in [0.25, 0.3) is 0 Å². The van der Waals surface area contributed by atoms with E-state index in [0.29, 0.717) is 11.3 Å². The second kappa shape index (κ2) is 5.65. The summed E-state index contributed by atoms with van der Waals surface area (Å²) in [5.41, 5.74) is 1.82. The summed E-state index contributed by atoms with van der Waals surface area (Å²) >= 11 is 0. The van der Waals surface area contributed by atoms with Crippen LogP contribution in [-0.4, -0.2) is 26.8 Å². The van der Waals surface area contributed by atoms with Crippen LogP contribution in [0.3, 0.4) is 0 Å². The van der Waals surface area contributed by atoms with E-state index in [1.807, 2.05) is 0 Å². The predicted molar refractivity (Wildman–Crippen MR) is 71.3 cm³/mol. The molecule has 0 amide bonds. The Labute approximate surface area is 104 Å². The van der Waals surface area contributed by atoms with Gasteiger partial charge in [-0.25, -0.2) is 0 Å². The molecule has 0 radical (unpaired) electrons. The number of nitrogens with one attached hydrogen (secondary N) is 1. The van der Waals surface area contributed by atoms with Gasteiger partial charge in [0.05, 0.1) is 0 Å². The molecule has 1 aromatic rings. The van der Waals surface area contributed by atoms with Crippen molar-refractivity contribution in [3.05, 3.63) is 35.9 Å². The Kier molecular flexibility index (Phi) is 4.19. The van der Waals surface area contributed by atoms with E-state index in [2.05, 4.69) is 42.6 Å². The largest absolute Gasteiger partial charge is 0.385 e. The van der Waals surface area contributed by atoms with Crippen molar-refractivity contribution >= 4 is 0 Å². The van der Waals surface area contributed by atoms with Gasteiger partial charge in [-0.2, -0.15) is 0 Å². The Morgan fingerprint density at radius 2 is 2.12 bits per heavy atom. The molecule has 0 spiro atoms. The van der Waals surface area contributed by atoms with Gasteiger partial charge in [0.1, 0.15) is 0 Å². The molecule has 1 saturated heterocycles. The second-order valence-electron chi connectivity index (χ2n) is 5.31. The molecule has 2 heteroatoms. The first-order chi connectivity index (χ1) is 8.26. The molecule has 0 aromatic heterocycles. The molecule has 1 fully saturated rings. The van der Waals surface area contributed by atoms with Crippen LogP contribution >= 0.6 is 0 Å². The van der Waals surface area contributed by atoms with Gasteiger partial charge in [-0.15, -0.1) is 0 Å². The highest BCUT2D eigenvalue weighted by atomic mass is 16.5. The first-order valence-corrected chi connectivity index (χ1v) is 6.51. The molecule has 1 aromatic carbocycles. The molecule has 2 atom stereocenters.